The lowest BCUT2D eigenvalue weighted by atomic mass is 9.86. The largest absolute Gasteiger partial charge is 0.237 e. The Balaban J connectivity index is 1.78. The Bertz CT molecular complexity index is 2440. The van der Waals surface area contributed by atoms with Crippen LogP contribution in [0.1, 0.15) is 44.5 Å². The maximum Gasteiger partial charge on any atom is 0.159 e. The Morgan fingerprint density at radius 1 is 0.458 bits per heavy atom. The van der Waals surface area contributed by atoms with Crippen LogP contribution in [0.4, 0.5) is 0 Å². The van der Waals surface area contributed by atoms with Crippen LogP contribution in [0.15, 0.2) is 84.2 Å². The molecule has 0 spiro atoms. The number of hydrogen-bond acceptors (Lipinski definition) is 10. The zero-order chi connectivity index (χ0) is 33.9. The molecule has 10 nitrogen and oxygen atoms in total. The second-order valence-corrected chi connectivity index (χ2v) is 10.3. The average Bonchev–Trinajstić information content (AvgIpc) is 3.64. The van der Waals surface area contributed by atoms with E-state index in [4.69, 9.17) is 0 Å². The molecule has 1 heterocycles. The predicted molar refractivity (Wildman–Crippen MR) is 171 cm³/mol. The monoisotopic (exact) mass is 608 g/mol. The smallest absolute Gasteiger partial charge is 0.159 e. The van der Waals surface area contributed by atoms with Gasteiger partial charge in [0.25, 0.3) is 0 Å². The molecule has 4 aromatic rings. The van der Waals surface area contributed by atoms with Gasteiger partial charge in [0.1, 0.15) is 47.6 Å². The van der Waals surface area contributed by atoms with Gasteiger partial charge in [-0.1, -0.05) is 12.1 Å². The molecule has 0 bridgehead atoms. The number of nitriles is 8. The first-order valence-corrected chi connectivity index (χ1v) is 13.9. The summed E-state index contributed by atoms with van der Waals surface area (Å²) in [6, 6.07) is 32.1. The van der Waals surface area contributed by atoms with Crippen LogP contribution in [0.25, 0.3) is 44.8 Å². The van der Waals surface area contributed by atoms with E-state index in [1.165, 1.54) is 36.7 Å². The molecule has 48 heavy (non-hydrogen) atoms. The minimum absolute atomic E-state index is 0.102. The summed E-state index contributed by atoms with van der Waals surface area (Å²) in [7, 11) is 0. The fraction of sp³-hybridized carbons (Fsp3) is 0. The van der Waals surface area contributed by atoms with Crippen molar-refractivity contribution < 1.29 is 0 Å². The summed E-state index contributed by atoms with van der Waals surface area (Å²) >= 11 is 0. The lowest BCUT2D eigenvalue weighted by Crippen LogP contribution is -1.97. The lowest BCUT2D eigenvalue weighted by Gasteiger charge is -2.15. The Kier molecular flexibility index (Phi) is 7.39. The van der Waals surface area contributed by atoms with Gasteiger partial charge in [-0.25, -0.2) is 9.97 Å². The van der Waals surface area contributed by atoms with Gasteiger partial charge >= 0.3 is 0 Å². The Labute approximate surface area is 273 Å². The van der Waals surface area contributed by atoms with Crippen molar-refractivity contribution in [3.8, 4) is 59.9 Å². The van der Waals surface area contributed by atoms with Crippen LogP contribution < -0.4 is 0 Å². The molecule has 1 aromatic heterocycles. The Morgan fingerprint density at radius 3 is 1.25 bits per heavy atom. The van der Waals surface area contributed by atoms with Crippen LogP contribution in [0.5, 0.6) is 0 Å². The fourth-order valence-corrected chi connectivity index (χ4v) is 5.96. The highest BCUT2D eigenvalue weighted by Crippen LogP contribution is 2.52. The van der Waals surface area contributed by atoms with Crippen molar-refractivity contribution in [2.75, 3.05) is 0 Å². The van der Waals surface area contributed by atoms with Gasteiger partial charge in [-0.3, -0.25) is 0 Å². The van der Waals surface area contributed by atoms with Crippen LogP contribution in [-0.2, 0) is 0 Å². The van der Waals surface area contributed by atoms with E-state index < -0.39 is 0 Å². The molecule has 0 saturated carbocycles. The highest BCUT2D eigenvalue weighted by molar-refractivity contribution is 6.28. The number of allylic oxidation sites excluding steroid dienone is 8. The van der Waals surface area contributed by atoms with Gasteiger partial charge in [-0.2, -0.15) is 42.1 Å². The van der Waals surface area contributed by atoms with E-state index in [1.54, 1.807) is 36.4 Å². The number of fused-ring (bicyclic) bond motifs is 2. The highest BCUT2D eigenvalue weighted by atomic mass is 14.8. The van der Waals surface area contributed by atoms with Gasteiger partial charge in [0.2, 0.25) is 0 Å². The number of rotatable bonds is 3. The number of aromatic nitrogens is 2. The van der Waals surface area contributed by atoms with Crippen LogP contribution in [0.2, 0.25) is 0 Å². The lowest BCUT2D eigenvalue weighted by molar-refractivity contribution is 1.17. The highest BCUT2D eigenvalue weighted by Gasteiger charge is 2.34. The Hall–Kier alpha value is -8.38. The van der Waals surface area contributed by atoms with E-state index >= 15 is 0 Å². The third-order valence-electron chi connectivity index (χ3n) is 7.88. The molecule has 0 amide bonds. The standard InChI is InChI=1S/C38H12N10/c39-13-21-2-4-28-30(8-21)32(19-45)34(36(28)26(15-41)16-42)23-10-24(12-25(11-23)38-47-6-1-7-48-38)35-33(20-46)31-9-22(14-40)3-5-29(31)37(35)27(17-43)18-44/h1-12H. The van der Waals surface area contributed by atoms with Gasteiger partial charge in [0.15, 0.2) is 5.82 Å². The summed E-state index contributed by atoms with van der Waals surface area (Å²) in [6.07, 6.45) is 3.06. The second-order valence-electron chi connectivity index (χ2n) is 10.3. The van der Waals surface area contributed by atoms with Crippen LogP contribution in [0, 0.1) is 90.6 Å². The van der Waals surface area contributed by atoms with Crippen LogP contribution >= 0.6 is 0 Å². The first kappa shape index (κ1) is 29.7. The first-order valence-electron chi connectivity index (χ1n) is 13.9. The summed E-state index contributed by atoms with van der Waals surface area (Å²) in [5.74, 6) is 0.265. The molecular weight excluding hydrogens is 596 g/mol. The molecule has 2 aliphatic rings. The average molecular weight is 609 g/mol. The van der Waals surface area contributed by atoms with Gasteiger partial charge in [-0.15, -0.1) is 0 Å². The molecule has 0 fully saturated rings. The molecule has 0 N–H and O–H groups in total. The zero-order valence-corrected chi connectivity index (χ0v) is 24.4. The molecule has 2 aliphatic carbocycles. The maximum absolute atomic E-state index is 10.5. The number of hydrogen-bond donors (Lipinski definition) is 0. The number of nitrogens with zero attached hydrogens (tertiary/aromatic N) is 10. The second kappa shape index (κ2) is 12.0. The zero-order valence-electron chi connectivity index (χ0n) is 24.4. The molecule has 214 valence electrons. The maximum atomic E-state index is 10.5. The fourth-order valence-electron chi connectivity index (χ4n) is 5.96. The van der Waals surface area contributed by atoms with Crippen molar-refractivity contribution in [3.05, 3.63) is 129 Å². The molecule has 0 saturated heterocycles. The van der Waals surface area contributed by atoms with Gasteiger partial charge in [-0.05, 0) is 70.8 Å². The minimum Gasteiger partial charge on any atom is -0.237 e. The van der Waals surface area contributed by atoms with Crippen molar-refractivity contribution in [1.82, 2.24) is 9.97 Å². The molecule has 3 aromatic carbocycles. The summed E-state index contributed by atoms with van der Waals surface area (Å²) in [6.45, 7) is 0. The minimum atomic E-state index is -0.268. The first-order chi connectivity index (χ1) is 23.5. The summed E-state index contributed by atoms with van der Waals surface area (Å²) in [5.41, 5.74) is 3.67. The van der Waals surface area contributed by atoms with Crippen LogP contribution in [0.3, 0.4) is 0 Å². The van der Waals surface area contributed by atoms with Crippen LogP contribution in [-0.4, -0.2) is 9.97 Å². The van der Waals surface area contributed by atoms with Crippen molar-refractivity contribution in [3.63, 3.8) is 0 Å². The van der Waals surface area contributed by atoms with E-state index in [0.29, 0.717) is 38.9 Å². The number of benzene rings is 3. The molecule has 0 radical (unpaired) electrons. The van der Waals surface area contributed by atoms with Gasteiger partial charge in [0.05, 0.1) is 34.4 Å². The van der Waals surface area contributed by atoms with E-state index in [1.807, 2.05) is 24.3 Å². The molecule has 10 heteroatoms. The van der Waals surface area contributed by atoms with E-state index in [-0.39, 0.29) is 61.5 Å². The molecular formula is C38H12N10. The normalized spacial score (nSPS) is 12.2. The van der Waals surface area contributed by atoms with Crippen molar-refractivity contribution in [2.45, 2.75) is 0 Å². The van der Waals surface area contributed by atoms with Gasteiger partial charge in [0, 0.05) is 51.4 Å². The topological polar surface area (TPSA) is 216 Å². The van der Waals surface area contributed by atoms with Crippen molar-refractivity contribution in [2.24, 2.45) is 0 Å². The quantitative estimate of drug-likeness (QED) is 0.233. The molecule has 0 unspecified atom stereocenters. The van der Waals surface area contributed by atoms with E-state index in [2.05, 4.69) is 34.2 Å². The van der Waals surface area contributed by atoms with E-state index in [0.717, 1.165) is 0 Å². The predicted octanol–water partition coefficient (Wildman–Crippen LogP) is 6.38. The summed E-state index contributed by atoms with van der Waals surface area (Å²) in [4.78, 5) is 8.76. The van der Waals surface area contributed by atoms with Crippen molar-refractivity contribution >= 4 is 33.4 Å². The summed E-state index contributed by atoms with van der Waals surface area (Å²) < 4.78 is 0. The third-order valence-corrected chi connectivity index (χ3v) is 7.88. The van der Waals surface area contributed by atoms with Gasteiger partial charge < -0.3 is 0 Å². The molecule has 0 aliphatic heterocycles. The SMILES string of the molecule is N#CC(C#N)=C1C(c2cc(C3=C(C#N)c4cc(C#N)ccc4C3=C(C#N)C#N)cc(-c3ncccn3)c2)=C(C#N)c2cc(C#N)ccc21. The Morgan fingerprint density at radius 2 is 0.875 bits per heavy atom. The third kappa shape index (κ3) is 4.52. The van der Waals surface area contributed by atoms with E-state index in [9.17, 15) is 42.1 Å². The summed E-state index contributed by atoms with van der Waals surface area (Å²) in [5, 5.41) is 80.2. The van der Waals surface area contributed by atoms with Crippen molar-refractivity contribution in [1.29, 1.82) is 42.1 Å². The molecule has 6 rings (SSSR count). The molecule has 0 atom stereocenters.